The molecule has 4 rings (SSSR count). The summed E-state index contributed by atoms with van der Waals surface area (Å²) >= 11 is 0. The fourth-order valence-electron chi connectivity index (χ4n) is 6.92. The van der Waals surface area contributed by atoms with Gasteiger partial charge in [-0.25, -0.2) is 13.6 Å². The van der Waals surface area contributed by atoms with Gasteiger partial charge in [0.2, 0.25) is 5.91 Å². The topological polar surface area (TPSA) is 90.9 Å². The van der Waals surface area contributed by atoms with Crippen LogP contribution in [0.2, 0.25) is 0 Å². The predicted molar refractivity (Wildman–Crippen MR) is 159 cm³/mol. The number of ether oxygens (including phenoxy) is 1. The normalized spacial score (nSPS) is 22.3. The molecular formula is C33H45F2N3O4. The molecule has 2 aliphatic rings. The Bertz CT molecular complexity index is 1230. The lowest BCUT2D eigenvalue weighted by Crippen LogP contribution is -2.50. The standard InChI is InChI=1S/C33H45F2N3O4/c1-22-7-4-8-25(17-22)30-28(18-27(34)19-29(30)35)33(41,14-6-15-37-32(40)42-3)26-9-5-16-38(21-26)31(39)24-12-10-23(11-13-24)20-36-2/h4,7-8,17-19,23-24,26,36,41H,5-6,9-16,20-21H2,1-3H3,(H,37,40). The van der Waals surface area contributed by atoms with Crippen LogP contribution in [0.15, 0.2) is 36.4 Å². The number of methoxy groups -OCH3 is 1. The third kappa shape index (κ3) is 7.48. The van der Waals surface area contributed by atoms with Gasteiger partial charge in [-0.3, -0.25) is 4.79 Å². The summed E-state index contributed by atoms with van der Waals surface area (Å²) in [5.41, 5.74) is 0.149. The molecule has 1 saturated carbocycles. The Hall–Kier alpha value is -3.04. The van der Waals surface area contributed by atoms with Crippen LogP contribution in [0.25, 0.3) is 11.1 Å². The molecule has 3 N–H and O–H groups in total. The Morgan fingerprint density at radius 1 is 1.12 bits per heavy atom. The van der Waals surface area contributed by atoms with Crippen LogP contribution >= 0.6 is 0 Å². The van der Waals surface area contributed by atoms with Crippen LogP contribution in [-0.2, 0) is 15.1 Å². The number of carbonyl (C=O) groups is 2. The van der Waals surface area contributed by atoms with E-state index in [1.807, 2.05) is 37.1 Å². The molecule has 9 heteroatoms. The summed E-state index contributed by atoms with van der Waals surface area (Å²) in [5.74, 6) is -1.31. The third-order valence-electron chi connectivity index (χ3n) is 9.11. The molecule has 0 aromatic heterocycles. The number of nitrogens with zero attached hydrogens (tertiary/aromatic N) is 1. The number of aliphatic hydroxyl groups is 1. The number of halogens is 2. The van der Waals surface area contributed by atoms with Gasteiger partial charge in [-0.05, 0) is 95.0 Å². The van der Waals surface area contributed by atoms with Gasteiger partial charge in [0, 0.05) is 43.1 Å². The lowest BCUT2D eigenvalue weighted by molar-refractivity contribution is -0.142. The zero-order chi connectivity index (χ0) is 30.3. The molecule has 2 fully saturated rings. The van der Waals surface area contributed by atoms with Gasteiger partial charge < -0.3 is 25.4 Å². The SMILES string of the molecule is CNCC1CCC(C(=O)N2CCCC(C(O)(CCCNC(=O)OC)c3cc(F)cc(F)c3-c3cccc(C)c3)C2)CC1. The van der Waals surface area contributed by atoms with Gasteiger partial charge in [-0.1, -0.05) is 29.8 Å². The molecular weight excluding hydrogens is 540 g/mol. The Labute approximate surface area is 248 Å². The van der Waals surface area contributed by atoms with E-state index in [2.05, 4.69) is 15.4 Å². The minimum absolute atomic E-state index is 0.0383. The van der Waals surface area contributed by atoms with Gasteiger partial charge in [0.25, 0.3) is 0 Å². The number of likely N-dealkylation sites (tertiary alicyclic amines) is 1. The highest BCUT2D eigenvalue weighted by Crippen LogP contribution is 2.45. The zero-order valence-corrected chi connectivity index (χ0v) is 25.1. The first kappa shape index (κ1) is 31.9. The van der Waals surface area contributed by atoms with E-state index in [1.165, 1.54) is 13.2 Å². The molecule has 2 atom stereocenters. The molecule has 0 radical (unpaired) electrons. The van der Waals surface area contributed by atoms with E-state index in [0.717, 1.165) is 43.9 Å². The highest BCUT2D eigenvalue weighted by molar-refractivity contribution is 5.79. The number of aryl methyl sites for hydroxylation is 1. The maximum Gasteiger partial charge on any atom is 0.406 e. The number of alkyl carbamates (subject to hydrolysis) is 1. The van der Waals surface area contributed by atoms with Crippen molar-refractivity contribution in [3.8, 4) is 11.1 Å². The Balaban J connectivity index is 1.65. The van der Waals surface area contributed by atoms with Crippen molar-refractivity contribution in [1.29, 1.82) is 0 Å². The summed E-state index contributed by atoms with van der Waals surface area (Å²) in [6.45, 7) is 3.98. The van der Waals surface area contributed by atoms with Crippen molar-refractivity contribution in [1.82, 2.24) is 15.5 Å². The van der Waals surface area contributed by atoms with Crippen LogP contribution in [0.3, 0.4) is 0 Å². The van der Waals surface area contributed by atoms with Gasteiger partial charge >= 0.3 is 6.09 Å². The van der Waals surface area contributed by atoms with Crippen molar-refractivity contribution >= 4 is 12.0 Å². The second-order valence-corrected chi connectivity index (χ2v) is 12.0. The van der Waals surface area contributed by atoms with Crippen LogP contribution in [0.1, 0.15) is 62.5 Å². The van der Waals surface area contributed by atoms with E-state index in [4.69, 9.17) is 0 Å². The summed E-state index contributed by atoms with van der Waals surface area (Å²) in [7, 11) is 3.22. The summed E-state index contributed by atoms with van der Waals surface area (Å²) in [6.07, 6.45) is 4.90. The van der Waals surface area contributed by atoms with E-state index in [1.54, 1.807) is 6.07 Å². The first-order chi connectivity index (χ1) is 20.2. The van der Waals surface area contributed by atoms with E-state index < -0.39 is 29.2 Å². The maximum absolute atomic E-state index is 15.6. The predicted octanol–water partition coefficient (Wildman–Crippen LogP) is 5.53. The van der Waals surface area contributed by atoms with Gasteiger partial charge in [0.15, 0.2) is 0 Å². The number of nitrogens with one attached hydrogen (secondary N) is 2. The van der Waals surface area contributed by atoms with E-state index >= 15 is 4.39 Å². The zero-order valence-electron chi connectivity index (χ0n) is 25.1. The average Bonchev–Trinajstić information content (AvgIpc) is 2.99. The van der Waals surface area contributed by atoms with Crippen LogP contribution in [0, 0.1) is 36.3 Å². The number of benzene rings is 2. The molecule has 2 unspecified atom stereocenters. The van der Waals surface area contributed by atoms with Crippen LogP contribution in [0.4, 0.5) is 13.6 Å². The maximum atomic E-state index is 15.6. The fraction of sp³-hybridized carbons (Fsp3) is 0.576. The lowest BCUT2D eigenvalue weighted by atomic mass is 9.71. The smallest absolute Gasteiger partial charge is 0.406 e. The Kier molecular flexibility index (Phi) is 11.0. The van der Waals surface area contributed by atoms with Gasteiger partial charge in [-0.15, -0.1) is 0 Å². The van der Waals surface area contributed by atoms with Crippen LogP contribution in [0.5, 0.6) is 0 Å². The molecule has 2 amide bonds. The Morgan fingerprint density at radius 3 is 2.57 bits per heavy atom. The number of piperidine rings is 1. The van der Waals surface area contributed by atoms with Crippen LogP contribution in [-0.4, -0.2) is 62.3 Å². The van der Waals surface area contributed by atoms with Gasteiger partial charge in [-0.2, -0.15) is 0 Å². The van der Waals surface area contributed by atoms with Crippen molar-refractivity contribution in [2.75, 3.05) is 40.3 Å². The number of hydrogen-bond acceptors (Lipinski definition) is 5. The lowest BCUT2D eigenvalue weighted by Gasteiger charge is -2.44. The molecule has 0 spiro atoms. The van der Waals surface area contributed by atoms with Crippen molar-refractivity contribution in [3.63, 3.8) is 0 Å². The molecule has 230 valence electrons. The summed E-state index contributed by atoms with van der Waals surface area (Å²) in [5, 5.41) is 18.4. The average molecular weight is 586 g/mol. The van der Waals surface area contributed by atoms with Crippen molar-refractivity contribution in [2.45, 2.75) is 63.9 Å². The fourth-order valence-corrected chi connectivity index (χ4v) is 6.92. The monoisotopic (exact) mass is 585 g/mol. The van der Waals surface area contributed by atoms with Gasteiger partial charge in [0.05, 0.1) is 12.7 Å². The molecule has 0 bridgehead atoms. The third-order valence-corrected chi connectivity index (χ3v) is 9.11. The van der Waals surface area contributed by atoms with Crippen LogP contribution < -0.4 is 10.6 Å². The minimum Gasteiger partial charge on any atom is -0.453 e. The molecule has 1 saturated heterocycles. The molecule has 2 aromatic rings. The van der Waals surface area contributed by atoms with E-state index in [9.17, 15) is 19.1 Å². The van der Waals surface area contributed by atoms with E-state index in [-0.39, 0.29) is 35.9 Å². The summed E-state index contributed by atoms with van der Waals surface area (Å²) in [6, 6.07) is 9.36. The van der Waals surface area contributed by atoms with Crippen molar-refractivity contribution < 1.29 is 28.2 Å². The first-order valence-electron chi connectivity index (χ1n) is 15.2. The minimum atomic E-state index is -1.65. The van der Waals surface area contributed by atoms with E-state index in [0.29, 0.717) is 43.8 Å². The van der Waals surface area contributed by atoms with Gasteiger partial charge in [0.1, 0.15) is 11.6 Å². The highest BCUT2D eigenvalue weighted by atomic mass is 19.1. The number of carbonyl (C=O) groups excluding carboxylic acids is 2. The second-order valence-electron chi connectivity index (χ2n) is 12.0. The van der Waals surface area contributed by atoms with Crippen molar-refractivity contribution in [2.24, 2.45) is 17.8 Å². The Morgan fingerprint density at radius 2 is 1.88 bits per heavy atom. The molecule has 2 aromatic carbocycles. The highest BCUT2D eigenvalue weighted by Gasteiger charge is 2.44. The first-order valence-corrected chi connectivity index (χ1v) is 15.2. The largest absolute Gasteiger partial charge is 0.453 e. The quantitative estimate of drug-likeness (QED) is 0.319. The van der Waals surface area contributed by atoms with Crippen molar-refractivity contribution in [3.05, 3.63) is 59.2 Å². The molecule has 1 aliphatic heterocycles. The molecule has 42 heavy (non-hydrogen) atoms. The molecule has 1 aliphatic carbocycles. The number of amides is 2. The number of hydrogen-bond donors (Lipinski definition) is 3. The summed E-state index contributed by atoms with van der Waals surface area (Å²) < 4.78 is 35.1. The molecule has 7 nitrogen and oxygen atoms in total. The summed E-state index contributed by atoms with van der Waals surface area (Å²) in [4.78, 5) is 27.2. The molecule has 1 heterocycles. The number of rotatable bonds is 10. The second kappa shape index (κ2) is 14.4.